The maximum absolute atomic E-state index is 10.8. The first-order valence-electron chi connectivity index (χ1n) is 6.56. The highest BCUT2D eigenvalue weighted by atomic mass is 16.5. The highest BCUT2D eigenvalue weighted by Gasteiger charge is 2.27. The fourth-order valence-electron chi connectivity index (χ4n) is 2.48. The molecule has 0 atom stereocenters. The molecule has 0 aromatic heterocycles. The first-order valence-corrected chi connectivity index (χ1v) is 6.56. The third-order valence-corrected chi connectivity index (χ3v) is 3.31. The van der Waals surface area contributed by atoms with Gasteiger partial charge in [-0.25, -0.2) is 0 Å². The van der Waals surface area contributed by atoms with Gasteiger partial charge in [-0.05, 0) is 38.0 Å². The number of carbonyl (C=O) groups excluding carboxylic acids is 1. The van der Waals surface area contributed by atoms with Gasteiger partial charge in [0.2, 0.25) is 0 Å². The Bertz CT molecular complexity index is 527. The largest absolute Gasteiger partial charge is 0.496 e. The van der Waals surface area contributed by atoms with E-state index < -0.39 is 0 Å². The molecule has 0 N–H and O–H groups in total. The Labute approximate surface area is 114 Å². The van der Waals surface area contributed by atoms with Crippen molar-refractivity contribution in [1.82, 2.24) is 0 Å². The summed E-state index contributed by atoms with van der Waals surface area (Å²) >= 11 is 0. The van der Waals surface area contributed by atoms with E-state index in [2.05, 4.69) is 13.0 Å². The van der Waals surface area contributed by atoms with E-state index in [4.69, 9.17) is 9.47 Å². The van der Waals surface area contributed by atoms with Crippen molar-refractivity contribution in [3.05, 3.63) is 29.3 Å². The van der Waals surface area contributed by atoms with Gasteiger partial charge in [-0.1, -0.05) is 6.92 Å². The monoisotopic (exact) mass is 260 g/mol. The second-order valence-electron chi connectivity index (χ2n) is 5.26. The molecule has 0 fully saturated rings. The molecular formula is C16H20O3. The summed E-state index contributed by atoms with van der Waals surface area (Å²) in [5.74, 6) is 1.54. The number of aldehydes is 1. The topological polar surface area (TPSA) is 35.5 Å². The van der Waals surface area contributed by atoms with Crippen LogP contribution >= 0.6 is 0 Å². The zero-order valence-electron chi connectivity index (χ0n) is 11.9. The number of ether oxygens (including phenoxy) is 2. The molecule has 0 unspecified atom stereocenters. The molecule has 0 aliphatic carbocycles. The van der Waals surface area contributed by atoms with Crippen molar-refractivity contribution in [1.29, 1.82) is 0 Å². The van der Waals surface area contributed by atoms with Gasteiger partial charge in [-0.3, -0.25) is 0 Å². The Kier molecular flexibility index (Phi) is 3.65. The highest BCUT2D eigenvalue weighted by molar-refractivity contribution is 5.76. The normalized spacial score (nSPS) is 16.1. The lowest BCUT2D eigenvalue weighted by Gasteiger charge is -2.31. The van der Waals surface area contributed by atoms with Crippen LogP contribution in [0.2, 0.25) is 0 Å². The lowest BCUT2D eigenvalue weighted by atomic mass is 9.91. The van der Waals surface area contributed by atoms with E-state index in [1.165, 1.54) is 5.57 Å². The summed E-state index contributed by atoms with van der Waals surface area (Å²) in [6.07, 6.45) is 4.34. The van der Waals surface area contributed by atoms with Crippen LogP contribution in [0.25, 0.3) is 5.57 Å². The van der Waals surface area contributed by atoms with Gasteiger partial charge in [0.1, 0.15) is 23.4 Å². The quantitative estimate of drug-likeness (QED) is 0.778. The summed E-state index contributed by atoms with van der Waals surface area (Å²) < 4.78 is 11.3. The third kappa shape index (κ3) is 2.65. The van der Waals surface area contributed by atoms with E-state index in [1.54, 1.807) is 7.11 Å². The number of methoxy groups -OCH3 is 1. The van der Waals surface area contributed by atoms with E-state index in [1.807, 2.05) is 26.0 Å². The molecule has 0 spiro atoms. The third-order valence-electron chi connectivity index (χ3n) is 3.31. The molecule has 0 bridgehead atoms. The Morgan fingerprint density at radius 3 is 2.68 bits per heavy atom. The first kappa shape index (κ1) is 13.7. The molecule has 3 heteroatoms. The molecule has 19 heavy (non-hydrogen) atoms. The van der Waals surface area contributed by atoms with Crippen molar-refractivity contribution in [2.24, 2.45) is 0 Å². The van der Waals surface area contributed by atoms with Crippen molar-refractivity contribution >= 4 is 11.9 Å². The molecule has 1 aromatic rings. The van der Waals surface area contributed by atoms with Crippen LogP contribution in [0.15, 0.2) is 18.2 Å². The first-order chi connectivity index (χ1) is 9.00. The lowest BCUT2D eigenvalue weighted by molar-refractivity contribution is -0.107. The van der Waals surface area contributed by atoms with E-state index in [9.17, 15) is 4.79 Å². The van der Waals surface area contributed by atoms with E-state index in [-0.39, 0.29) is 5.60 Å². The van der Waals surface area contributed by atoms with Crippen LogP contribution in [0, 0.1) is 0 Å². The number of fused-ring (bicyclic) bond motifs is 1. The maximum Gasteiger partial charge on any atom is 0.131 e. The van der Waals surface area contributed by atoms with Gasteiger partial charge in [0.05, 0.1) is 7.11 Å². The number of benzene rings is 1. The summed E-state index contributed by atoms with van der Waals surface area (Å²) in [5, 5.41) is 0. The molecule has 3 nitrogen and oxygen atoms in total. The number of hydrogen-bond acceptors (Lipinski definition) is 3. The van der Waals surface area contributed by atoms with Crippen molar-refractivity contribution in [2.45, 2.75) is 39.2 Å². The van der Waals surface area contributed by atoms with Crippen LogP contribution in [0.5, 0.6) is 11.5 Å². The van der Waals surface area contributed by atoms with E-state index in [0.717, 1.165) is 29.6 Å². The van der Waals surface area contributed by atoms with Gasteiger partial charge in [0, 0.05) is 23.6 Å². The number of hydrogen-bond donors (Lipinski definition) is 0. The van der Waals surface area contributed by atoms with Crippen LogP contribution in [0.1, 0.15) is 38.3 Å². The van der Waals surface area contributed by atoms with Gasteiger partial charge >= 0.3 is 0 Å². The van der Waals surface area contributed by atoms with Crippen LogP contribution in [-0.4, -0.2) is 19.0 Å². The summed E-state index contributed by atoms with van der Waals surface area (Å²) in [5.41, 5.74) is 2.91. The molecule has 0 amide bonds. The molecule has 0 saturated carbocycles. The lowest BCUT2D eigenvalue weighted by Crippen LogP contribution is -2.29. The summed E-state index contributed by atoms with van der Waals surface area (Å²) in [6.45, 7) is 6.20. The Morgan fingerprint density at radius 1 is 1.37 bits per heavy atom. The minimum atomic E-state index is -0.310. The second-order valence-corrected chi connectivity index (χ2v) is 5.26. The van der Waals surface area contributed by atoms with Gasteiger partial charge in [-0.15, -0.1) is 0 Å². The summed E-state index contributed by atoms with van der Waals surface area (Å²) in [4.78, 5) is 10.8. The molecule has 1 aliphatic heterocycles. The summed E-state index contributed by atoms with van der Waals surface area (Å²) in [6, 6.07) is 3.89. The average Bonchev–Trinajstić information content (AvgIpc) is 2.37. The fraction of sp³-hybridized carbons (Fsp3) is 0.438. The zero-order chi connectivity index (χ0) is 14.0. The Hall–Kier alpha value is -1.77. The van der Waals surface area contributed by atoms with E-state index in [0.29, 0.717) is 12.2 Å². The number of carbonyl (C=O) groups is 1. The predicted octanol–water partition coefficient (Wildman–Crippen LogP) is 3.40. The van der Waals surface area contributed by atoms with Crippen molar-refractivity contribution in [3.8, 4) is 11.5 Å². The van der Waals surface area contributed by atoms with Gasteiger partial charge in [-0.2, -0.15) is 0 Å². The second kappa shape index (κ2) is 5.08. The SMILES string of the molecule is CCC1=CC(C)(C)Oc2cc(OC)c(CC=O)cc21. The van der Waals surface area contributed by atoms with E-state index >= 15 is 0 Å². The minimum absolute atomic E-state index is 0.310. The standard InChI is InChI=1S/C16H20O3/c1-5-11-10-16(2,3)19-15-9-14(18-4)12(6-7-17)8-13(11)15/h7-10H,5-6H2,1-4H3. The van der Waals surface area contributed by atoms with Crippen LogP contribution in [0.4, 0.5) is 0 Å². The van der Waals surface area contributed by atoms with Crippen molar-refractivity contribution in [3.63, 3.8) is 0 Å². The Morgan fingerprint density at radius 2 is 2.11 bits per heavy atom. The molecule has 102 valence electrons. The number of allylic oxidation sites excluding steroid dienone is 1. The van der Waals surface area contributed by atoms with Crippen molar-refractivity contribution in [2.75, 3.05) is 7.11 Å². The van der Waals surface area contributed by atoms with Gasteiger partial charge in [0.25, 0.3) is 0 Å². The van der Waals surface area contributed by atoms with Gasteiger partial charge < -0.3 is 14.3 Å². The smallest absolute Gasteiger partial charge is 0.131 e. The molecule has 1 aliphatic rings. The van der Waals surface area contributed by atoms with Crippen LogP contribution in [0.3, 0.4) is 0 Å². The molecule has 0 radical (unpaired) electrons. The van der Waals surface area contributed by atoms with Crippen molar-refractivity contribution < 1.29 is 14.3 Å². The highest BCUT2D eigenvalue weighted by Crippen LogP contribution is 2.41. The number of rotatable bonds is 4. The Balaban J connectivity index is 2.57. The van der Waals surface area contributed by atoms with Crippen LogP contribution < -0.4 is 9.47 Å². The molecule has 1 heterocycles. The summed E-state index contributed by atoms with van der Waals surface area (Å²) in [7, 11) is 1.61. The van der Waals surface area contributed by atoms with Gasteiger partial charge in [0.15, 0.2) is 0 Å². The van der Waals surface area contributed by atoms with Crippen LogP contribution in [-0.2, 0) is 11.2 Å². The molecule has 2 rings (SSSR count). The molecule has 0 saturated heterocycles. The zero-order valence-corrected chi connectivity index (χ0v) is 11.9. The minimum Gasteiger partial charge on any atom is -0.496 e. The molecular weight excluding hydrogens is 240 g/mol. The predicted molar refractivity (Wildman–Crippen MR) is 75.7 cm³/mol. The maximum atomic E-state index is 10.8. The average molecular weight is 260 g/mol. The fourth-order valence-corrected chi connectivity index (χ4v) is 2.48. The molecule has 1 aromatic carbocycles.